The fourth-order valence-electron chi connectivity index (χ4n) is 5.43. The van der Waals surface area contributed by atoms with Crippen molar-refractivity contribution >= 4 is 29.1 Å². The summed E-state index contributed by atoms with van der Waals surface area (Å²) in [6.07, 6.45) is 6.15. The molecule has 0 unspecified atom stereocenters. The Hall–Kier alpha value is -3.20. The van der Waals surface area contributed by atoms with Gasteiger partial charge in [0.1, 0.15) is 0 Å². The number of hydrogen-bond donors (Lipinski definition) is 2. The van der Waals surface area contributed by atoms with Crippen LogP contribution < -0.4 is 15.5 Å². The maximum atomic E-state index is 14.6. The van der Waals surface area contributed by atoms with Gasteiger partial charge < -0.3 is 25.2 Å². The van der Waals surface area contributed by atoms with E-state index < -0.39 is 5.82 Å². The summed E-state index contributed by atoms with van der Waals surface area (Å²) in [5.74, 6) is -0.549. The third-order valence-electron chi connectivity index (χ3n) is 7.28. The number of piperazine rings is 1. The van der Waals surface area contributed by atoms with E-state index in [1.54, 1.807) is 0 Å². The molecule has 0 spiro atoms. The molecule has 1 saturated heterocycles. The highest BCUT2D eigenvalue weighted by molar-refractivity contribution is 5.76. The van der Waals surface area contributed by atoms with Crippen LogP contribution >= 0.6 is 0 Å². The molecule has 0 radical (unpaired) electrons. The summed E-state index contributed by atoms with van der Waals surface area (Å²) in [5.41, 5.74) is 3.21. The zero-order valence-corrected chi connectivity index (χ0v) is 19.8. The van der Waals surface area contributed by atoms with Crippen LogP contribution in [0.15, 0.2) is 36.5 Å². The lowest BCUT2D eigenvalue weighted by Gasteiger charge is -2.35. The number of carbonyl (C=O) groups excluding carboxylic acids is 1. The van der Waals surface area contributed by atoms with Crippen molar-refractivity contribution in [1.29, 1.82) is 0 Å². The average Bonchev–Trinajstić information content (AvgIpc) is 3.44. The van der Waals surface area contributed by atoms with Gasteiger partial charge in [0.05, 0.1) is 19.2 Å². The van der Waals surface area contributed by atoms with E-state index in [1.807, 2.05) is 6.07 Å². The number of esters is 1. The summed E-state index contributed by atoms with van der Waals surface area (Å²) >= 11 is 0. The highest BCUT2D eigenvalue weighted by Gasteiger charge is 2.49. The van der Waals surface area contributed by atoms with Crippen molar-refractivity contribution in [2.75, 3.05) is 55.9 Å². The number of nitrogens with one attached hydrogen (secondary N) is 2. The van der Waals surface area contributed by atoms with Gasteiger partial charge in [-0.25, -0.2) is 9.37 Å². The first-order chi connectivity index (χ1) is 16.4. The quantitative estimate of drug-likeness (QED) is 0.496. The molecule has 0 amide bonds. The molecule has 1 saturated carbocycles. The van der Waals surface area contributed by atoms with Crippen molar-refractivity contribution in [3.63, 3.8) is 0 Å². The number of fused-ring (bicyclic) bond motifs is 2. The van der Waals surface area contributed by atoms with Gasteiger partial charge in [-0.05, 0) is 56.0 Å². The van der Waals surface area contributed by atoms with Crippen LogP contribution in [0.25, 0.3) is 0 Å². The molecule has 2 aliphatic carbocycles. The topological polar surface area (TPSA) is 82.6 Å². The van der Waals surface area contributed by atoms with Crippen molar-refractivity contribution in [2.45, 2.75) is 19.4 Å². The van der Waals surface area contributed by atoms with Crippen LogP contribution in [0.4, 0.5) is 27.5 Å². The molecule has 1 aromatic heterocycles. The number of halogens is 1. The Morgan fingerprint density at radius 3 is 2.68 bits per heavy atom. The molecule has 2 N–H and O–H groups in total. The number of nitrogens with zero attached hydrogens (tertiary/aromatic N) is 4. The number of carbonyl (C=O) groups is 1. The number of allylic oxidation sites excluding steroid dienone is 1. The molecule has 180 valence electrons. The van der Waals surface area contributed by atoms with Crippen molar-refractivity contribution in [1.82, 2.24) is 14.9 Å². The molecule has 34 heavy (non-hydrogen) atoms. The second-order valence-corrected chi connectivity index (χ2v) is 9.47. The number of anilines is 4. The normalized spacial score (nSPS) is 26.1. The molecule has 2 aromatic rings. The molecule has 5 rings (SSSR count). The fourth-order valence-corrected chi connectivity index (χ4v) is 5.43. The average molecular weight is 467 g/mol. The van der Waals surface area contributed by atoms with Gasteiger partial charge in [0, 0.05) is 43.6 Å². The van der Waals surface area contributed by atoms with Gasteiger partial charge in [-0.2, -0.15) is 4.98 Å². The molecule has 4 atom stereocenters. The van der Waals surface area contributed by atoms with Crippen LogP contribution in [0.5, 0.6) is 0 Å². The molecular formula is C25H31FN6O2. The Bertz CT molecular complexity index is 1100. The summed E-state index contributed by atoms with van der Waals surface area (Å²) in [5, 5.41) is 6.36. The van der Waals surface area contributed by atoms with E-state index >= 15 is 0 Å². The Morgan fingerprint density at radius 2 is 1.94 bits per heavy atom. The van der Waals surface area contributed by atoms with Crippen LogP contribution in [-0.4, -0.2) is 67.2 Å². The summed E-state index contributed by atoms with van der Waals surface area (Å²) in [4.78, 5) is 25.6. The zero-order valence-electron chi connectivity index (χ0n) is 19.8. The third kappa shape index (κ3) is 4.32. The van der Waals surface area contributed by atoms with Crippen LogP contribution in [-0.2, 0) is 9.53 Å². The van der Waals surface area contributed by atoms with Gasteiger partial charge in [-0.15, -0.1) is 0 Å². The van der Waals surface area contributed by atoms with E-state index in [0.29, 0.717) is 5.95 Å². The smallest absolute Gasteiger partial charge is 0.311 e. The zero-order chi connectivity index (χ0) is 23.8. The first-order valence-corrected chi connectivity index (χ1v) is 11.8. The number of likely N-dealkylation sites (N-methyl/N-ethyl adjacent to an activating group) is 1. The largest absolute Gasteiger partial charge is 0.469 e. The lowest BCUT2D eigenvalue weighted by atomic mass is 9.89. The highest BCUT2D eigenvalue weighted by Crippen LogP contribution is 2.45. The van der Waals surface area contributed by atoms with Gasteiger partial charge in [-0.1, -0.05) is 12.2 Å². The molecule has 9 heteroatoms. The fraction of sp³-hybridized carbons (Fsp3) is 0.480. The second kappa shape index (κ2) is 9.21. The summed E-state index contributed by atoms with van der Waals surface area (Å²) in [6.45, 7) is 6.20. The third-order valence-corrected chi connectivity index (χ3v) is 7.28. The number of hydrogen-bond acceptors (Lipinski definition) is 8. The summed E-state index contributed by atoms with van der Waals surface area (Å²) in [7, 11) is 3.53. The summed E-state index contributed by atoms with van der Waals surface area (Å²) in [6, 6.07) is 5.90. The number of rotatable bonds is 6. The molecule has 2 heterocycles. The number of methoxy groups -OCH3 is 1. The maximum absolute atomic E-state index is 14.6. The Labute approximate surface area is 199 Å². The standard InChI is InChI=1S/C25H31FN6O2/c1-15-12-18(6-7-20(15)32-10-8-31(2)9-11-32)28-25-27-14-19(26)23(30-25)29-22-17-5-4-16(13-17)21(22)24(33)34-3/h4-7,12,14,16-17,21-22H,8-11,13H2,1-3H3,(H2,27,28,29,30)/t16-,17+,21+,22-/m1/s1. The minimum atomic E-state index is -0.553. The number of aryl methyl sites for hydroxylation is 1. The lowest BCUT2D eigenvalue weighted by molar-refractivity contribution is -0.146. The molecular weight excluding hydrogens is 435 g/mol. The van der Waals surface area contributed by atoms with Crippen molar-refractivity contribution in [3.05, 3.63) is 47.9 Å². The van der Waals surface area contributed by atoms with Gasteiger partial charge in [0.25, 0.3) is 0 Å². The number of aromatic nitrogens is 2. The second-order valence-electron chi connectivity index (χ2n) is 9.47. The van der Waals surface area contributed by atoms with E-state index in [1.165, 1.54) is 12.8 Å². The first kappa shape index (κ1) is 22.6. The molecule has 2 fully saturated rings. The molecule has 8 nitrogen and oxygen atoms in total. The van der Waals surface area contributed by atoms with Gasteiger partial charge in [0.15, 0.2) is 11.6 Å². The van der Waals surface area contributed by atoms with Gasteiger partial charge >= 0.3 is 5.97 Å². The molecule has 1 aliphatic heterocycles. The Balaban J connectivity index is 1.31. The van der Waals surface area contributed by atoms with E-state index in [9.17, 15) is 9.18 Å². The van der Waals surface area contributed by atoms with Gasteiger partial charge in [0.2, 0.25) is 5.95 Å². The van der Waals surface area contributed by atoms with Crippen LogP contribution in [0.2, 0.25) is 0 Å². The molecule has 1 aromatic carbocycles. The van der Waals surface area contributed by atoms with Crippen molar-refractivity contribution in [3.8, 4) is 0 Å². The number of ether oxygens (including phenoxy) is 1. The van der Waals surface area contributed by atoms with Gasteiger partial charge in [-0.3, -0.25) is 4.79 Å². The van der Waals surface area contributed by atoms with Crippen LogP contribution in [0.3, 0.4) is 0 Å². The van der Waals surface area contributed by atoms with Crippen LogP contribution in [0, 0.1) is 30.5 Å². The Morgan fingerprint density at radius 1 is 1.18 bits per heavy atom. The van der Waals surface area contributed by atoms with Crippen molar-refractivity contribution < 1.29 is 13.9 Å². The van der Waals surface area contributed by atoms with E-state index in [0.717, 1.165) is 50.0 Å². The minimum absolute atomic E-state index is 0.0862. The molecule has 3 aliphatic rings. The minimum Gasteiger partial charge on any atom is -0.469 e. The Kier molecular flexibility index (Phi) is 6.12. The highest BCUT2D eigenvalue weighted by atomic mass is 19.1. The predicted octanol–water partition coefficient (Wildman–Crippen LogP) is 3.20. The monoisotopic (exact) mass is 466 g/mol. The van der Waals surface area contributed by atoms with Crippen LogP contribution in [0.1, 0.15) is 12.0 Å². The first-order valence-electron chi connectivity index (χ1n) is 11.8. The summed E-state index contributed by atoms with van der Waals surface area (Å²) < 4.78 is 19.6. The van der Waals surface area contributed by atoms with E-state index in [2.05, 4.69) is 68.7 Å². The number of benzene rings is 1. The lowest BCUT2D eigenvalue weighted by Crippen LogP contribution is -2.44. The van der Waals surface area contributed by atoms with E-state index in [4.69, 9.17) is 4.74 Å². The maximum Gasteiger partial charge on any atom is 0.311 e. The molecule has 2 bridgehead atoms. The predicted molar refractivity (Wildman–Crippen MR) is 130 cm³/mol. The van der Waals surface area contributed by atoms with Crippen molar-refractivity contribution in [2.24, 2.45) is 17.8 Å². The van der Waals surface area contributed by atoms with E-state index in [-0.39, 0.29) is 35.6 Å². The SMILES string of the molecule is COC(=O)[C@@H]1[C@H](Nc2nc(Nc3ccc(N4CCN(C)CC4)c(C)c3)ncc2F)[C@H]2C=C[C@@H]1C2.